The Morgan fingerprint density at radius 3 is 2.76 bits per heavy atom. The minimum atomic E-state index is -0.619. The Hall–Kier alpha value is -3.51. The van der Waals surface area contributed by atoms with Crippen molar-refractivity contribution < 1.29 is 14.3 Å². The predicted octanol–water partition coefficient (Wildman–Crippen LogP) is 4.90. The number of halogens is 1. The van der Waals surface area contributed by atoms with Gasteiger partial charge < -0.3 is 19.4 Å². The van der Waals surface area contributed by atoms with Crippen LogP contribution in [0.1, 0.15) is 40.7 Å². The number of aromatic hydroxyl groups is 1. The zero-order chi connectivity index (χ0) is 23.1. The molecule has 0 unspecified atom stereocenters. The number of H-pyrrole nitrogens is 1. The first-order valence-electron chi connectivity index (χ1n) is 10.9. The maximum Gasteiger partial charge on any atom is 0.227 e. The molecule has 1 aliphatic rings. The Morgan fingerprint density at radius 1 is 1.21 bits per heavy atom. The minimum absolute atomic E-state index is 0.0527. The summed E-state index contributed by atoms with van der Waals surface area (Å²) < 4.78 is 5.76. The third-order valence-corrected chi connectivity index (χ3v) is 6.53. The number of nitrogens with one attached hydrogen (secondary N) is 1. The van der Waals surface area contributed by atoms with E-state index in [1.165, 1.54) is 17.0 Å². The van der Waals surface area contributed by atoms with Crippen LogP contribution >= 0.6 is 11.6 Å². The summed E-state index contributed by atoms with van der Waals surface area (Å²) in [4.78, 5) is 30.9. The standard InChI is InChI=1S/C26H23ClN2O4/c1-15-12-23(30)25(32)26(33-15)20(16-6-8-17(27)9-7-16)13-24(31)29-11-10-19-18-4-2-3-5-21(18)28-22(19)14-29/h2-9,12,20,28,32H,10-11,13-14H2,1H3/t20-/m0/s1. The third kappa shape index (κ3) is 4.02. The first-order valence-corrected chi connectivity index (χ1v) is 11.2. The molecule has 0 saturated carbocycles. The van der Waals surface area contributed by atoms with Crippen LogP contribution in [0.4, 0.5) is 0 Å². The van der Waals surface area contributed by atoms with Gasteiger partial charge in [0, 0.05) is 40.7 Å². The van der Waals surface area contributed by atoms with Crippen molar-refractivity contribution in [2.75, 3.05) is 6.54 Å². The molecule has 5 rings (SSSR count). The van der Waals surface area contributed by atoms with E-state index < -0.39 is 17.1 Å². The second-order valence-electron chi connectivity index (χ2n) is 8.44. The number of carbonyl (C=O) groups is 1. The Balaban J connectivity index is 1.46. The molecule has 0 aliphatic carbocycles. The van der Waals surface area contributed by atoms with Crippen molar-refractivity contribution in [1.29, 1.82) is 0 Å². The second-order valence-corrected chi connectivity index (χ2v) is 8.87. The number of para-hydroxylation sites is 1. The number of hydrogen-bond acceptors (Lipinski definition) is 4. The lowest BCUT2D eigenvalue weighted by atomic mass is 9.91. The molecule has 2 aromatic heterocycles. The molecular formula is C26H23ClN2O4. The van der Waals surface area contributed by atoms with Crippen LogP contribution in [0.5, 0.6) is 5.75 Å². The lowest BCUT2D eigenvalue weighted by Gasteiger charge is -2.29. The van der Waals surface area contributed by atoms with Gasteiger partial charge in [0.2, 0.25) is 17.1 Å². The number of rotatable bonds is 4. The van der Waals surface area contributed by atoms with Gasteiger partial charge in [-0.1, -0.05) is 41.9 Å². The molecule has 3 heterocycles. The van der Waals surface area contributed by atoms with E-state index in [0.717, 1.165) is 23.2 Å². The zero-order valence-corrected chi connectivity index (χ0v) is 18.9. The number of aromatic nitrogens is 1. The molecule has 0 radical (unpaired) electrons. The summed E-state index contributed by atoms with van der Waals surface area (Å²) in [5.41, 5.74) is 3.58. The lowest BCUT2D eigenvalue weighted by Crippen LogP contribution is -2.36. The van der Waals surface area contributed by atoms with Crippen molar-refractivity contribution in [2.45, 2.75) is 32.2 Å². The summed E-state index contributed by atoms with van der Waals surface area (Å²) in [6.07, 6.45) is 0.818. The van der Waals surface area contributed by atoms with Crippen molar-refractivity contribution in [1.82, 2.24) is 9.88 Å². The van der Waals surface area contributed by atoms with E-state index in [1.54, 1.807) is 31.2 Å². The molecule has 0 bridgehead atoms. The fourth-order valence-electron chi connectivity index (χ4n) is 4.63. The summed E-state index contributed by atoms with van der Waals surface area (Å²) in [5, 5.41) is 12.2. The van der Waals surface area contributed by atoms with Gasteiger partial charge in [-0.2, -0.15) is 0 Å². The second kappa shape index (κ2) is 8.45. The minimum Gasteiger partial charge on any atom is -0.502 e. The number of carbonyl (C=O) groups excluding carboxylic acids is 1. The van der Waals surface area contributed by atoms with Crippen molar-refractivity contribution in [3.63, 3.8) is 0 Å². The van der Waals surface area contributed by atoms with E-state index in [4.69, 9.17) is 16.0 Å². The predicted molar refractivity (Wildman–Crippen MR) is 127 cm³/mol. The highest BCUT2D eigenvalue weighted by molar-refractivity contribution is 6.30. The topological polar surface area (TPSA) is 86.5 Å². The van der Waals surface area contributed by atoms with Crippen LogP contribution in [0.2, 0.25) is 5.02 Å². The first kappa shape index (κ1) is 21.3. The molecule has 2 N–H and O–H groups in total. The number of hydrogen-bond donors (Lipinski definition) is 2. The van der Waals surface area contributed by atoms with Gasteiger partial charge in [0.05, 0.1) is 12.5 Å². The summed E-state index contributed by atoms with van der Waals surface area (Å²) >= 11 is 6.05. The smallest absolute Gasteiger partial charge is 0.227 e. The van der Waals surface area contributed by atoms with E-state index in [-0.39, 0.29) is 18.1 Å². The monoisotopic (exact) mass is 462 g/mol. The highest BCUT2D eigenvalue weighted by Crippen LogP contribution is 2.35. The quantitative estimate of drug-likeness (QED) is 0.452. The van der Waals surface area contributed by atoms with Gasteiger partial charge in [-0.15, -0.1) is 0 Å². The van der Waals surface area contributed by atoms with Crippen LogP contribution in [0.15, 0.2) is 63.8 Å². The molecule has 4 aromatic rings. The number of amides is 1. The van der Waals surface area contributed by atoms with Crippen LogP contribution in [0.25, 0.3) is 10.9 Å². The number of fused-ring (bicyclic) bond motifs is 3. The van der Waals surface area contributed by atoms with Crippen LogP contribution in [-0.2, 0) is 17.8 Å². The van der Waals surface area contributed by atoms with Gasteiger partial charge in [-0.3, -0.25) is 9.59 Å². The third-order valence-electron chi connectivity index (χ3n) is 6.28. The molecule has 0 saturated heterocycles. The fourth-order valence-corrected chi connectivity index (χ4v) is 4.75. The van der Waals surface area contributed by atoms with Gasteiger partial charge in [-0.25, -0.2) is 0 Å². The van der Waals surface area contributed by atoms with E-state index in [2.05, 4.69) is 11.1 Å². The first-order chi connectivity index (χ1) is 15.9. The van der Waals surface area contributed by atoms with Crippen LogP contribution in [0, 0.1) is 6.92 Å². The summed E-state index contributed by atoms with van der Waals surface area (Å²) in [6.45, 7) is 2.73. The fraction of sp³-hybridized carbons (Fsp3) is 0.231. The van der Waals surface area contributed by atoms with Gasteiger partial charge in [-0.05, 0) is 42.7 Å². The molecule has 1 aliphatic heterocycles. The van der Waals surface area contributed by atoms with Crippen molar-refractivity contribution in [2.24, 2.45) is 0 Å². The van der Waals surface area contributed by atoms with Gasteiger partial charge in [0.1, 0.15) is 5.76 Å². The van der Waals surface area contributed by atoms with E-state index in [1.807, 2.05) is 23.1 Å². The van der Waals surface area contributed by atoms with Crippen LogP contribution < -0.4 is 5.43 Å². The summed E-state index contributed by atoms with van der Waals surface area (Å²) in [7, 11) is 0. The van der Waals surface area contributed by atoms with E-state index >= 15 is 0 Å². The Bertz CT molecular complexity index is 1400. The summed E-state index contributed by atoms with van der Waals surface area (Å²) in [6, 6.07) is 16.4. The van der Waals surface area contributed by atoms with Gasteiger partial charge >= 0.3 is 0 Å². The van der Waals surface area contributed by atoms with Crippen molar-refractivity contribution in [3.8, 4) is 5.75 Å². The van der Waals surface area contributed by atoms with Gasteiger partial charge in [0.25, 0.3) is 0 Å². The molecule has 33 heavy (non-hydrogen) atoms. The zero-order valence-electron chi connectivity index (χ0n) is 18.1. The Kier molecular flexibility index (Phi) is 5.46. The van der Waals surface area contributed by atoms with E-state index in [0.29, 0.717) is 23.9 Å². The van der Waals surface area contributed by atoms with Crippen molar-refractivity contribution in [3.05, 3.63) is 98.2 Å². The van der Waals surface area contributed by atoms with E-state index in [9.17, 15) is 14.7 Å². The maximum atomic E-state index is 13.4. The molecular weight excluding hydrogens is 440 g/mol. The molecule has 1 amide bonds. The number of nitrogens with zero attached hydrogens (tertiary/aromatic N) is 1. The maximum absolute atomic E-state index is 13.4. The van der Waals surface area contributed by atoms with Crippen LogP contribution in [-0.4, -0.2) is 27.4 Å². The number of benzene rings is 2. The van der Waals surface area contributed by atoms with Gasteiger partial charge in [0.15, 0.2) is 5.76 Å². The molecule has 7 heteroatoms. The van der Waals surface area contributed by atoms with Crippen molar-refractivity contribution >= 4 is 28.4 Å². The summed E-state index contributed by atoms with van der Waals surface area (Å²) in [5.74, 6) is -0.696. The Morgan fingerprint density at radius 2 is 1.97 bits per heavy atom. The number of aromatic amines is 1. The SMILES string of the molecule is Cc1cc(=O)c(O)c([C@@H](CC(=O)N2CCc3c([nH]c4ccccc34)C2)c2ccc(Cl)cc2)o1. The molecule has 6 nitrogen and oxygen atoms in total. The highest BCUT2D eigenvalue weighted by atomic mass is 35.5. The Labute approximate surface area is 195 Å². The number of aryl methyl sites for hydroxylation is 1. The molecule has 1 atom stereocenters. The average Bonchev–Trinajstić information content (AvgIpc) is 3.18. The molecule has 2 aromatic carbocycles. The highest BCUT2D eigenvalue weighted by Gasteiger charge is 2.30. The molecule has 0 spiro atoms. The largest absolute Gasteiger partial charge is 0.502 e. The van der Waals surface area contributed by atoms with Crippen LogP contribution in [0.3, 0.4) is 0 Å². The average molecular weight is 463 g/mol. The molecule has 168 valence electrons. The normalized spacial score (nSPS) is 14.3. The molecule has 0 fully saturated rings. The lowest BCUT2D eigenvalue weighted by molar-refractivity contribution is -0.132.